The van der Waals surface area contributed by atoms with Gasteiger partial charge in [-0.05, 0) is 11.6 Å². The van der Waals surface area contributed by atoms with Gasteiger partial charge >= 0.3 is 0 Å². The zero-order valence-electron chi connectivity index (χ0n) is 13.2. The van der Waals surface area contributed by atoms with Gasteiger partial charge in [0, 0.05) is 18.0 Å². The number of morpholine rings is 1. The van der Waals surface area contributed by atoms with Crippen LogP contribution in [0.2, 0.25) is 5.02 Å². The van der Waals surface area contributed by atoms with Crippen molar-refractivity contribution < 1.29 is 14.3 Å². The molecule has 9 nitrogen and oxygen atoms in total. The Morgan fingerprint density at radius 3 is 2.96 bits per heavy atom. The van der Waals surface area contributed by atoms with Crippen LogP contribution in [0.1, 0.15) is 17.4 Å². The van der Waals surface area contributed by atoms with Gasteiger partial charge in [-0.25, -0.2) is 0 Å². The predicted molar refractivity (Wildman–Crippen MR) is 89.6 cm³/mol. The first-order chi connectivity index (χ1) is 12.0. The van der Waals surface area contributed by atoms with Crippen molar-refractivity contribution in [2.24, 2.45) is 0 Å². The minimum absolute atomic E-state index is 0.151. The monoisotopic (exact) mass is 364 g/mol. The third-order valence-electron chi connectivity index (χ3n) is 3.72. The van der Waals surface area contributed by atoms with Crippen LogP contribution in [0.4, 0.5) is 5.95 Å². The lowest BCUT2D eigenvalue weighted by molar-refractivity contribution is -0.148. The highest BCUT2D eigenvalue weighted by Crippen LogP contribution is 2.28. The molecule has 10 heteroatoms. The number of aromatic nitrogens is 3. The molecule has 1 aliphatic heterocycles. The highest BCUT2D eigenvalue weighted by atomic mass is 35.5. The van der Waals surface area contributed by atoms with Gasteiger partial charge in [0.15, 0.2) is 6.10 Å². The maximum absolute atomic E-state index is 12.5. The normalized spacial score (nSPS) is 20.1. The van der Waals surface area contributed by atoms with Crippen LogP contribution in [0, 0.1) is 0 Å². The maximum atomic E-state index is 12.5. The number of rotatable bonds is 5. The highest BCUT2D eigenvalue weighted by molar-refractivity contribution is 6.31. The number of halogens is 1. The van der Waals surface area contributed by atoms with Gasteiger partial charge in [0.05, 0.1) is 6.04 Å². The standard InChI is InChI=1S/C15H17ClN6O3/c16-9-4-2-1-3-8(9)12-13(25-7-11(23)20-12)14(24)18-6-5-10-19-15(17)22-21-10/h1-4,12-13H,5-7H2,(H,18,24)(H,20,23)(H3,17,19,21,22)/t12-,13+/m1/s1. The molecule has 1 saturated heterocycles. The van der Waals surface area contributed by atoms with Crippen molar-refractivity contribution >= 4 is 29.4 Å². The second-order valence-electron chi connectivity index (χ2n) is 5.48. The molecule has 1 aromatic carbocycles. The van der Waals surface area contributed by atoms with Crippen LogP contribution >= 0.6 is 11.6 Å². The molecule has 0 unspecified atom stereocenters. The number of nitrogens with one attached hydrogen (secondary N) is 3. The van der Waals surface area contributed by atoms with Gasteiger partial charge in [-0.15, -0.1) is 5.10 Å². The summed E-state index contributed by atoms with van der Waals surface area (Å²) in [6.07, 6.45) is -0.441. The fourth-order valence-corrected chi connectivity index (χ4v) is 2.83. The SMILES string of the molecule is Nc1n[nH]c(CCNC(=O)[C@H]2OCC(=O)N[C@@H]2c2ccccc2Cl)n1. The zero-order chi connectivity index (χ0) is 17.8. The minimum Gasteiger partial charge on any atom is -0.367 e. The Labute approximate surface area is 148 Å². The lowest BCUT2D eigenvalue weighted by Gasteiger charge is -2.32. The van der Waals surface area contributed by atoms with E-state index in [0.717, 1.165) is 0 Å². The van der Waals surface area contributed by atoms with E-state index in [1.54, 1.807) is 24.3 Å². The number of nitrogens with zero attached hydrogens (tertiary/aromatic N) is 2. The average molecular weight is 365 g/mol. The first-order valence-corrected chi connectivity index (χ1v) is 8.02. The molecule has 1 aromatic heterocycles. The van der Waals surface area contributed by atoms with Crippen LogP contribution in [-0.2, 0) is 20.7 Å². The summed E-state index contributed by atoms with van der Waals surface area (Å²) in [6.45, 7) is 0.133. The van der Waals surface area contributed by atoms with E-state index in [4.69, 9.17) is 22.1 Å². The molecule has 0 bridgehead atoms. The number of nitrogens with two attached hydrogens (primary N) is 1. The number of nitrogen functional groups attached to an aromatic ring is 1. The molecule has 0 radical (unpaired) electrons. The number of amides is 2. The second-order valence-corrected chi connectivity index (χ2v) is 5.89. The summed E-state index contributed by atoms with van der Waals surface area (Å²) in [7, 11) is 0. The van der Waals surface area contributed by atoms with Crippen molar-refractivity contribution in [3.05, 3.63) is 40.7 Å². The van der Waals surface area contributed by atoms with Gasteiger partial charge < -0.3 is 21.1 Å². The summed E-state index contributed by atoms with van der Waals surface area (Å²) in [5, 5.41) is 12.4. The zero-order valence-corrected chi connectivity index (χ0v) is 13.9. The molecule has 0 saturated carbocycles. The van der Waals surface area contributed by atoms with Crippen molar-refractivity contribution in [3.8, 4) is 0 Å². The van der Waals surface area contributed by atoms with Crippen molar-refractivity contribution in [3.63, 3.8) is 0 Å². The number of H-pyrrole nitrogens is 1. The summed E-state index contributed by atoms with van der Waals surface area (Å²) >= 11 is 6.19. The summed E-state index contributed by atoms with van der Waals surface area (Å²) in [4.78, 5) is 28.1. The number of hydrogen-bond donors (Lipinski definition) is 4. The Kier molecular flexibility index (Phi) is 5.15. The molecule has 132 valence electrons. The number of benzene rings is 1. The molecular formula is C15H17ClN6O3. The fourth-order valence-electron chi connectivity index (χ4n) is 2.57. The van der Waals surface area contributed by atoms with Crippen LogP contribution in [-0.4, -0.2) is 46.3 Å². The molecule has 0 spiro atoms. The quantitative estimate of drug-likeness (QED) is 0.587. The Hall–Kier alpha value is -2.65. The molecule has 1 fully saturated rings. The Morgan fingerprint density at radius 2 is 2.24 bits per heavy atom. The van der Waals surface area contributed by atoms with Crippen LogP contribution in [0.25, 0.3) is 0 Å². The van der Waals surface area contributed by atoms with E-state index in [2.05, 4.69) is 25.8 Å². The fraction of sp³-hybridized carbons (Fsp3) is 0.333. The van der Waals surface area contributed by atoms with Crippen molar-refractivity contribution in [2.45, 2.75) is 18.6 Å². The van der Waals surface area contributed by atoms with Crippen molar-refractivity contribution in [1.82, 2.24) is 25.8 Å². The predicted octanol–water partition coefficient (Wildman–Crippen LogP) is -0.0447. The van der Waals surface area contributed by atoms with E-state index in [-0.39, 0.29) is 24.4 Å². The van der Waals surface area contributed by atoms with Gasteiger partial charge in [0.2, 0.25) is 11.9 Å². The number of ether oxygens (including phenoxy) is 1. The third kappa shape index (κ3) is 4.06. The smallest absolute Gasteiger partial charge is 0.251 e. The van der Waals surface area contributed by atoms with E-state index in [9.17, 15) is 9.59 Å². The minimum atomic E-state index is -0.877. The van der Waals surface area contributed by atoms with E-state index < -0.39 is 12.1 Å². The molecule has 25 heavy (non-hydrogen) atoms. The van der Waals surface area contributed by atoms with Gasteiger partial charge in [0.1, 0.15) is 12.4 Å². The van der Waals surface area contributed by atoms with Crippen molar-refractivity contribution in [1.29, 1.82) is 0 Å². The third-order valence-corrected chi connectivity index (χ3v) is 4.07. The number of carbonyl (C=O) groups is 2. The molecule has 2 amide bonds. The summed E-state index contributed by atoms with van der Waals surface area (Å²) in [5.41, 5.74) is 6.05. The van der Waals surface area contributed by atoms with Gasteiger partial charge in [-0.1, -0.05) is 29.8 Å². The van der Waals surface area contributed by atoms with Crippen LogP contribution in [0.5, 0.6) is 0 Å². The lowest BCUT2D eigenvalue weighted by atomic mass is 9.99. The van der Waals surface area contributed by atoms with Crippen LogP contribution in [0.15, 0.2) is 24.3 Å². The molecule has 1 aliphatic rings. The molecule has 2 aromatic rings. The average Bonchev–Trinajstić information content (AvgIpc) is 3.00. The van der Waals surface area contributed by atoms with E-state index in [0.29, 0.717) is 29.4 Å². The van der Waals surface area contributed by atoms with Crippen LogP contribution < -0.4 is 16.4 Å². The van der Waals surface area contributed by atoms with E-state index in [1.807, 2.05) is 0 Å². The molecule has 5 N–H and O–H groups in total. The summed E-state index contributed by atoms with van der Waals surface area (Å²) < 4.78 is 5.44. The van der Waals surface area contributed by atoms with Crippen molar-refractivity contribution in [2.75, 3.05) is 18.9 Å². The first-order valence-electron chi connectivity index (χ1n) is 7.64. The number of anilines is 1. The van der Waals surface area contributed by atoms with E-state index >= 15 is 0 Å². The largest absolute Gasteiger partial charge is 0.367 e. The molecule has 3 rings (SSSR count). The molecular weight excluding hydrogens is 348 g/mol. The van der Waals surface area contributed by atoms with Gasteiger partial charge in [-0.3, -0.25) is 14.7 Å². The van der Waals surface area contributed by atoms with Crippen LogP contribution in [0.3, 0.4) is 0 Å². The van der Waals surface area contributed by atoms with Gasteiger partial charge in [0.25, 0.3) is 5.91 Å². The number of aromatic amines is 1. The van der Waals surface area contributed by atoms with E-state index in [1.165, 1.54) is 0 Å². The Morgan fingerprint density at radius 1 is 1.44 bits per heavy atom. The lowest BCUT2D eigenvalue weighted by Crippen LogP contribution is -2.52. The molecule has 2 atom stereocenters. The highest BCUT2D eigenvalue weighted by Gasteiger charge is 2.36. The topological polar surface area (TPSA) is 135 Å². The second kappa shape index (κ2) is 7.49. The summed E-state index contributed by atoms with van der Waals surface area (Å²) in [6, 6.07) is 6.34. The Bertz CT molecular complexity index is 780. The maximum Gasteiger partial charge on any atom is 0.251 e. The first kappa shape index (κ1) is 17.2. The molecule has 0 aliphatic carbocycles. The number of hydrogen-bond acceptors (Lipinski definition) is 6. The Balaban J connectivity index is 1.66. The summed E-state index contributed by atoms with van der Waals surface area (Å²) in [5.74, 6) is 0.0697. The number of carbonyl (C=O) groups excluding carboxylic acids is 2. The van der Waals surface area contributed by atoms with Gasteiger partial charge in [-0.2, -0.15) is 4.98 Å². The molecule has 2 heterocycles.